The lowest BCUT2D eigenvalue weighted by atomic mass is 10.0. The molecule has 0 atom stereocenters. The van der Waals surface area contributed by atoms with Crippen LogP contribution in [-0.2, 0) is 4.79 Å². The number of hydrogen-bond acceptors (Lipinski definition) is 8. The molecule has 12 heteroatoms. The fraction of sp³-hybridized carbons (Fsp3) is 0.458. The predicted octanol–water partition coefficient (Wildman–Crippen LogP) is 0.967. The molecule has 192 valence electrons. The van der Waals surface area contributed by atoms with E-state index in [2.05, 4.69) is 20.2 Å². The molecule has 2 aliphatic heterocycles. The quantitative estimate of drug-likeness (QED) is 0.536. The summed E-state index contributed by atoms with van der Waals surface area (Å²) in [4.78, 5) is 51.6. The first-order chi connectivity index (χ1) is 17.2. The van der Waals surface area contributed by atoms with Gasteiger partial charge in [-0.1, -0.05) is 0 Å². The summed E-state index contributed by atoms with van der Waals surface area (Å²) in [5.41, 5.74) is 13.1. The van der Waals surface area contributed by atoms with Gasteiger partial charge in [0, 0.05) is 76.9 Å². The van der Waals surface area contributed by atoms with E-state index in [0.29, 0.717) is 50.8 Å². The third-order valence-electron chi connectivity index (χ3n) is 6.91. The van der Waals surface area contributed by atoms with Crippen molar-refractivity contribution in [3.63, 3.8) is 0 Å². The number of urea groups is 1. The Hall–Kier alpha value is -4.09. The number of likely N-dealkylation sites (tertiary alicyclic amines) is 1. The fourth-order valence-corrected chi connectivity index (χ4v) is 4.69. The second-order valence-electron chi connectivity index (χ2n) is 9.13. The Kier molecular flexibility index (Phi) is 7.41. The first-order valence-electron chi connectivity index (χ1n) is 12.0. The highest BCUT2D eigenvalue weighted by molar-refractivity contribution is 5.97. The Labute approximate surface area is 210 Å². The van der Waals surface area contributed by atoms with Crippen molar-refractivity contribution in [1.29, 1.82) is 0 Å². The molecule has 2 saturated heterocycles. The molecule has 4 rings (SSSR count). The van der Waals surface area contributed by atoms with Gasteiger partial charge in [0.15, 0.2) is 0 Å². The molecule has 5 N–H and O–H groups in total. The van der Waals surface area contributed by atoms with Gasteiger partial charge in [-0.25, -0.2) is 9.78 Å². The van der Waals surface area contributed by atoms with Crippen molar-refractivity contribution in [3.8, 4) is 0 Å². The lowest BCUT2D eigenvalue weighted by molar-refractivity contribution is -0.129. The molecule has 0 aliphatic carbocycles. The number of nitrogens with zero attached hydrogens (tertiary/aromatic N) is 6. The minimum atomic E-state index is -0.604. The Morgan fingerprint density at radius 3 is 2.17 bits per heavy atom. The lowest BCUT2D eigenvalue weighted by Gasteiger charge is -2.37. The number of anilines is 4. The van der Waals surface area contributed by atoms with Crippen molar-refractivity contribution in [2.24, 2.45) is 11.5 Å². The number of piperidine rings is 1. The van der Waals surface area contributed by atoms with Gasteiger partial charge in [-0.3, -0.25) is 9.59 Å². The van der Waals surface area contributed by atoms with E-state index in [4.69, 9.17) is 11.5 Å². The zero-order chi connectivity index (χ0) is 25.8. The zero-order valence-electron chi connectivity index (χ0n) is 20.7. The highest BCUT2D eigenvalue weighted by Crippen LogP contribution is 2.26. The maximum Gasteiger partial charge on any atom is 0.314 e. The van der Waals surface area contributed by atoms with Crippen LogP contribution in [0.15, 0.2) is 30.5 Å². The van der Waals surface area contributed by atoms with Crippen LogP contribution >= 0.6 is 0 Å². The van der Waals surface area contributed by atoms with Gasteiger partial charge in [0.2, 0.25) is 11.9 Å². The van der Waals surface area contributed by atoms with Crippen molar-refractivity contribution in [1.82, 2.24) is 19.8 Å². The molecule has 1 aromatic carbocycles. The predicted molar refractivity (Wildman–Crippen MR) is 137 cm³/mol. The molecule has 0 radical (unpaired) electrons. The second kappa shape index (κ2) is 10.7. The van der Waals surface area contributed by atoms with Gasteiger partial charge in [0.25, 0.3) is 5.91 Å². The largest absolute Gasteiger partial charge is 0.368 e. The third-order valence-corrected chi connectivity index (χ3v) is 6.91. The van der Waals surface area contributed by atoms with Crippen LogP contribution < -0.4 is 26.6 Å². The third kappa shape index (κ3) is 5.58. The van der Waals surface area contributed by atoms with Crippen LogP contribution in [0.2, 0.25) is 0 Å². The molecule has 2 aliphatic rings. The summed E-state index contributed by atoms with van der Waals surface area (Å²) in [5.74, 6) is 0.293. The van der Waals surface area contributed by atoms with Gasteiger partial charge in [-0.05, 0) is 37.1 Å². The summed E-state index contributed by atoms with van der Waals surface area (Å²) < 4.78 is 0. The van der Waals surface area contributed by atoms with Crippen molar-refractivity contribution >= 4 is 41.0 Å². The van der Waals surface area contributed by atoms with Crippen molar-refractivity contribution in [3.05, 3.63) is 36.0 Å². The van der Waals surface area contributed by atoms with Crippen LogP contribution in [0.25, 0.3) is 0 Å². The highest BCUT2D eigenvalue weighted by atomic mass is 16.2. The van der Waals surface area contributed by atoms with E-state index in [1.807, 2.05) is 41.1 Å². The number of nitrogens with two attached hydrogens (primary N) is 2. The molecule has 2 aromatic rings. The van der Waals surface area contributed by atoms with Gasteiger partial charge in [-0.15, -0.1) is 0 Å². The normalized spacial score (nSPS) is 16.6. The standard InChI is InChI=1S/C24H33N9O3/c1-16(34)31-11-13-32(14-12-31)19-5-3-17(4-6-19)28-24-27-15-20(21(25)35)22(29-24)30(2)18-7-9-33(10-8-18)23(26)36/h3-6,15,18H,7-14H2,1-2H3,(H2,25,35)(H2,26,36)(H,27,28,29). The fourth-order valence-electron chi connectivity index (χ4n) is 4.69. The van der Waals surface area contributed by atoms with Crippen LogP contribution in [-0.4, -0.2) is 90.0 Å². The molecule has 12 nitrogen and oxygen atoms in total. The Morgan fingerprint density at radius 1 is 0.972 bits per heavy atom. The van der Waals surface area contributed by atoms with Gasteiger partial charge >= 0.3 is 6.03 Å². The molecule has 0 unspecified atom stereocenters. The first-order valence-corrected chi connectivity index (χ1v) is 12.0. The van der Waals surface area contributed by atoms with E-state index >= 15 is 0 Å². The number of hydrogen-bond donors (Lipinski definition) is 3. The van der Waals surface area contributed by atoms with Crippen LogP contribution in [0.4, 0.5) is 27.9 Å². The van der Waals surface area contributed by atoms with Gasteiger partial charge in [-0.2, -0.15) is 4.98 Å². The number of rotatable bonds is 6. The van der Waals surface area contributed by atoms with E-state index < -0.39 is 11.9 Å². The molecule has 4 amide bonds. The van der Waals surface area contributed by atoms with Crippen LogP contribution in [0.5, 0.6) is 0 Å². The number of primary amides is 2. The van der Waals surface area contributed by atoms with Crippen molar-refractivity contribution < 1.29 is 14.4 Å². The maximum atomic E-state index is 12.1. The van der Waals surface area contributed by atoms with Crippen LogP contribution in [0, 0.1) is 0 Å². The minimum absolute atomic E-state index is 0.0733. The number of carbonyl (C=O) groups excluding carboxylic acids is 3. The van der Waals surface area contributed by atoms with Crippen molar-refractivity contribution in [2.75, 3.05) is 61.4 Å². The molecule has 1 aromatic heterocycles. The molecule has 0 bridgehead atoms. The summed E-state index contributed by atoms with van der Waals surface area (Å²) in [6.07, 6.45) is 2.84. The topological polar surface area (TPSA) is 154 Å². The van der Waals surface area contributed by atoms with E-state index in [9.17, 15) is 14.4 Å². The SMILES string of the molecule is CC(=O)N1CCN(c2ccc(Nc3ncc(C(N)=O)c(N(C)C4CCN(C(N)=O)CC4)n3)cc2)CC1. The Balaban J connectivity index is 1.45. The van der Waals surface area contributed by atoms with Gasteiger partial charge in [0.05, 0.1) is 0 Å². The molecule has 2 fully saturated rings. The van der Waals surface area contributed by atoms with E-state index in [-0.39, 0.29) is 17.5 Å². The smallest absolute Gasteiger partial charge is 0.314 e. The number of benzene rings is 1. The summed E-state index contributed by atoms with van der Waals surface area (Å²) in [6.45, 7) is 5.70. The molecular formula is C24H33N9O3. The van der Waals surface area contributed by atoms with E-state index in [1.165, 1.54) is 6.20 Å². The summed E-state index contributed by atoms with van der Waals surface area (Å²) in [6, 6.07) is 7.57. The lowest BCUT2D eigenvalue weighted by Crippen LogP contribution is -2.48. The first kappa shape index (κ1) is 25.0. The second-order valence-corrected chi connectivity index (χ2v) is 9.13. The number of carbonyl (C=O) groups is 3. The Bertz CT molecular complexity index is 1110. The molecule has 3 heterocycles. The van der Waals surface area contributed by atoms with Crippen LogP contribution in [0.1, 0.15) is 30.1 Å². The molecule has 36 heavy (non-hydrogen) atoms. The maximum absolute atomic E-state index is 12.1. The van der Waals surface area contributed by atoms with Gasteiger partial charge < -0.3 is 36.4 Å². The zero-order valence-corrected chi connectivity index (χ0v) is 20.7. The van der Waals surface area contributed by atoms with E-state index in [0.717, 1.165) is 24.5 Å². The summed E-state index contributed by atoms with van der Waals surface area (Å²) in [5, 5.41) is 3.20. The Morgan fingerprint density at radius 2 is 1.61 bits per heavy atom. The number of nitrogens with one attached hydrogen (secondary N) is 1. The number of piperazine rings is 1. The highest BCUT2D eigenvalue weighted by Gasteiger charge is 2.27. The molecule has 0 spiro atoms. The van der Waals surface area contributed by atoms with Crippen molar-refractivity contribution in [2.45, 2.75) is 25.8 Å². The minimum Gasteiger partial charge on any atom is -0.368 e. The summed E-state index contributed by atoms with van der Waals surface area (Å²) in [7, 11) is 1.86. The monoisotopic (exact) mass is 495 g/mol. The summed E-state index contributed by atoms with van der Waals surface area (Å²) >= 11 is 0. The van der Waals surface area contributed by atoms with E-state index in [1.54, 1.807) is 11.8 Å². The molecule has 0 saturated carbocycles. The van der Waals surface area contributed by atoms with Gasteiger partial charge in [0.1, 0.15) is 11.4 Å². The average molecular weight is 496 g/mol. The molecular weight excluding hydrogens is 462 g/mol. The average Bonchev–Trinajstić information content (AvgIpc) is 2.88. The number of amides is 4. The number of aromatic nitrogens is 2. The van der Waals surface area contributed by atoms with Crippen LogP contribution in [0.3, 0.4) is 0 Å².